The Bertz CT molecular complexity index is 736. The molecule has 1 aliphatic heterocycles. The van der Waals surface area contributed by atoms with Crippen molar-refractivity contribution in [2.24, 2.45) is 5.11 Å². The zero-order chi connectivity index (χ0) is 14.8. The molecule has 1 aromatic rings. The van der Waals surface area contributed by atoms with Crippen LogP contribution < -0.4 is 0 Å². The molecule has 0 amide bonds. The van der Waals surface area contributed by atoms with Gasteiger partial charge in [-0.2, -0.15) is 0 Å². The van der Waals surface area contributed by atoms with Gasteiger partial charge in [0.2, 0.25) is 0 Å². The first-order chi connectivity index (χ1) is 9.46. The Kier molecular flexibility index (Phi) is 4.24. The van der Waals surface area contributed by atoms with Crippen LogP contribution in [0.3, 0.4) is 0 Å². The molecule has 0 fully saturated rings. The molecule has 1 aliphatic rings. The van der Waals surface area contributed by atoms with Crippen LogP contribution in [0.5, 0.6) is 0 Å². The van der Waals surface area contributed by atoms with Crippen molar-refractivity contribution in [3.8, 4) is 0 Å². The van der Waals surface area contributed by atoms with E-state index in [0.29, 0.717) is 0 Å². The van der Waals surface area contributed by atoms with Crippen LogP contribution in [0, 0.1) is 0 Å². The lowest BCUT2D eigenvalue weighted by Crippen LogP contribution is -2.37. The van der Waals surface area contributed by atoms with Gasteiger partial charge in [0.25, 0.3) is 10.0 Å². The number of hydrogen-bond donors (Lipinski definition) is 0. The van der Waals surface area contributed by atoms with Crippen molar-refractivity contribution in [3.05, 3.63) is 46.4 Å². The lowest BCUT2D eigenvalue weighted by molar-refractivity contribution is 0.542. The average Bonchev–Trinajstić information content (AvgIpc) is 2.39. The Balaban J connectivity index is 2.51. The minimum absolute atomic E-state index is 0.00160. The highest BCUT2D eigenvalue weighted by molar-refractivity contribution is 8.01. The van der Waals surface area contributed by atoms with Crippen LogP contribution in [0.1, 0.15) is 6.92 Å². The molecule has 0 N–H and O–H groups in total. The maximum atomic E-state index is 12.5. The van der Waals surface area contributed by atoms with Crippen LogP contribution in [-0.2, 0) is 21.0 Å². The van der Waals surface area contributed by atoms with Crippen LogP contribution in [-0.4, -0.2) is 28.6 Å². The van der Waals surface area contributed by atoms with Crippen molar-refractivity contribution in [1.29, 1.82) is 0 Å². The monoisotopic (exact) mass is 312 g/mol. The molecule has 0 bridgehead atoms. The second-order valence-corrected chi connectivity index (χ2v) is 7.60. The molecule has 2 rings (SSSR count). The van der Waals surface area contributed by atoms with Crippen molar-refractivity contribution in [1.82, 2.24) is 3.71 Å². The van der Waals surface area contributed by atoms with Gasteiger partial charge in [-0.05, 0) is 18.5 Å². The zero-order valence-corrected chi connectivity index (χ0v) is 12.3. The van der Waals surface area contributed by atoms with Gasteiger partial charge in [0.1, 0.15) is 11.0 Å². The molecule has 20 heavy (non-hydrogen) atoms. The summed E-state index contributed by atoms with van der Waals surface area (Å²) >= 11 is 0. The van der Waals surface area contributed by atoms with Crippen LogP contribution in [0.15, 0.2) is 45.9 Å². The molecule has 1 aromatic carbocycles. The normalized spacial score (nSPS) is 20.1. The van der Waals surface area contributed by atoms with E-state index in [1.807, 2.05) is 0 Å². The highest BCUT2D eigenvalue weighted by atomic mass is 32.3. The van der Waals surface area contributed by atoms with E-state index < -0.39 is 21.0 Å². The lowest BCUT2D eigenvalue weighted by atomic mass is 10.3. The number of benzene rings is 1. The third-order valence-electron chi connectivity index (χ3n) is 2.73. The van der Waals surface area contributed by atoms with Crippen LogP contribution in [0.2, 0.25) is 0 Å². The van der Waals surface area contributed by atoms with E-state index in [2.05, 4.69) is 10.0 Å². The minimum atomic E-state index is -3.96. The molecule has 106 valence electrons. The minimum Gasteiger partial charge on any atom is -0.241 e. The summed E-state index contributed by atoms with van der Waals surface area (Å²) in [6.45, 7) is 1.85. The summed E-state index contributed by atoms with van der Waals surface area (Å²) in [5, 5.41) is 3.37. The van der Waals surface area contributed by atoms with E-state index in [4.69, 9.17) is 5.53 Å². The van der Waals surface area contributed by atoms with E-state index in [9.17, 15) is 12.6 Å². The first kappa shape index (κ1) is 14.7. The summed E-state index contributed by atoms with van der Waals surface area (Å²) < 4.78 is 38.0. The van der Waals surface area contributed by atoms with E-state index in [-0.39, 0.29) is 22.9 Å². The van der Waals surface area contributed by atoms with Gasteiger partial charge in [0.05, 0.1) is 16.3 Å². The maximum absolute atomic E-state index is 12.5. The fourth-order valence-corrected chi connectivity index (χ4v) is 5.04. The second-order valence-electron chi connectivity index (χ2n) is 4.16. The molecule has 1 heterocycles. The van der Waals surface area contributed by atoms with Gasteiger partial charge in [-0.1, -0.05) is 35.0 Å². The van der Waals surface area contributed by atoms with E-state index in [0.717, 1.165) is 9.28 Å². The summed E-state index contributed by atoms with van der Waals surface area (Å²) in [6, 6.07) is 5.83. The summed E-state index contributed by atoms with van der Waals surface area (Å²) in [5.41, 5.74) is 9.37. The highest BCUT2D eigenvalue weighted by Crippen LogP contribution is 2.29. The first-order valence-electron chi connectivity index (χ1n) is 5.68. The van der Waals surface area contributed by atoms with Gasteiger partial charge >= 0.3 is 0 Å². The Labute approximate surface area is 119 Å². The molecule has 7 nitrogen and oxygen atoms in total. The zero-order valence-electron chi connectivity index (χ0n) is 10.6. The van der Waals surface area contributed by atoms with Crippen molar-refractivity contribution in [2.75, 3.05) is 12.3 Å². The number of azide groups is 1. The van der Waals surface area contributed by atoms with Crippen LogP contribution >= 0.6 is 0 Å². The average molecular weight is 312 g/mol. The molecule has 0 aromatic heterocycles. The Morgan fingerprint density at radius 1 is 1.40 bits per heavy atom. The SMILES string of the molecule is CC1=CCN(S(=O)(=O)c2ccccc2N=[N+]=[N-])S(=O)C1. The summed E-state index contributed by atoms with van der Waals surface area (Å²) in [4.78, 5) is 2.47. The van der Waals surface area contributed by atoms with Crippen molar-refractivity contribution in [3.63, 3.8) is 0 Å². The topological polar surface area (TPSA) is 103 Å². The van der Waals surface area contributed by atoms with Gasteiger partial charge in [-0.3, -0.25) is 0 Å². The summed E-state index contributed by atoms with van der Waals surface area (Å²) in [5.74, 6) is 0.183. The molecule has 0 saturated carbocycles. The molecular weight excluding hydrogens is 300 g/mol. The Morgan fingerprint density at radius 3 is 2.75 bits per heavy atom. The van der Waals surface area contributed by atoms with Crippen molar-refractivity contribution < 1.29 is 12.6 Å². The molecule has 0 spiro atoms. The highest BCUT2D eigenvalue weighted by Gasteiger charge is 2.32. The fraction of sp³-hybridized carbons (Fsp3) is 0.273. The van der Waals surface area contributed by atoms with Gasteiger partial charge in [0, 0.05) is 11.5 Å². The molecule has 0 aliphatic carbocycles. The fourth-order valence-electron chi connectivity index (χ4n) is 1.76. The number of rotatable bonds is 3. The smallest absolute Gasteiger partial charge is 0.241 e. The number of sulfonamides is 1. The summed E-state index contributed by atoms with van der Waals surface area (Å²) in [7, 11) is -5.61. The van der Waals surface area contributed by atoms with Crippen LogP contribution in [0.25, 0.3) is 10.4 Å². The van der Waals surface area contributed by atoms with Crippen LogP contribution in [0.4, 0.5) is 5.69 Å². The van der Waals surface area contributed by atoms with Crippen molar-refractivity contribution in [2.45, 2.75) is 11.8 Å². The predicted octanol–water partition coefficient (Wildman–Crippen LogP) is 2.24. The van der Waals surface area contributed by atoms with Gasteiger partial charge in [0.15, 0.2) is 0 Å². The molecular formula is C11H12N4O3S2. The largest absolute Gasteiger partial charge is 0.254 e. The number of nitrogens with zero attached hydrogens (tertiary/aromatic N) is 4. The molecule has 0 saturated heterocycles. The summed E-state index contributed by atoms with van der Waals surface area (Å²) in [6.07, 6.45) is 1.72. The van der Waals surface area contributed by atoms with Gasteiger partial charge in [-0.25, -0.2) is 12.6 Å². The number of hydrogen-bond acceptors (Lipinski definition) is 4. The third kappa shape index (κ3) is 2.75. The quantitative estimate of drug-likeness (QED) is 0.370. The van der Waals surface area contributed by atoms with E-state index in [1.165, 1.54) is 18.2 Å². The molecule has 9 heteroatoms. The predicted molar refractivity (Wildman–Crippen MR) is 75.9 cm³/mol. The lowest BCUT2D eigenvalue weighted by Gasteiger charge is -2.24. The van der Waals surface area contributed by atoms with Crippen molar-refractivity contribution >= 4 is 26.7 Å². The molecule has 1 atom stereocenters. The first-order valence-corrected chi connectivity index (χ1v) is 8.39. The van der Waals surface area contributed by atoms with E-state index >= 15 is 0 Å². The third-order valence-corrected chi connectivity index (χ3v) is 6.71. The van der Waals surface area contributed by atoms with E-state index in [1.54, 1.807) is 19.1 Å². The van der Waals surface area contributed by atoms with Gasteiger partial charge in [-0.15, -0.1) is 3.71 Å². The standard InChI is InChI=1S/C11H12N4O3S2/c1-9-6-7-15(19(16)8-9)20(17,18)11-5-3-2-4-10(11)13-14-12/h2-6H,7-8H2,1H3. The maximum Gasteiger partial charge on any atom is 0.254 e. The second kappa shape index (κ2) is 5.76. The molecule has 1 unspecified atom stereocenters. The Hall–Kier alpha value is -1.67. The Morgan fingerprint density at radius 2 is 2.10 bits per heavy atom. The van der Waals surface area contributed by atoms with Gasteiger partial charge < -0.3 is 0 Å². The molecule has 0 radical (unpaired) electrons.